The van der Waals surface area contributed by atoms with Gasteiger partial charge in [-0.3, -0.25) is 9.78 Å². The molecule has 3 rings (SSSR count). The Morgan fingerprint density at radius 3 is 2.46 bits per heavy atom. The summed E-state index contributed by atoms with van der Waals surface area (Å²) >= 11 is 0. The summed E-state index contributed by atoms with van der Waals surface area (Å²) in [6.07, 6.45) is 1.11. The summed E-state index contributed by atoms with van der Waals surface area (Å²) in [6, 6.07) is 12.9. The van der Waals surface area contributed by atoms with Crippen molar-refractivity contribution in [3.63, 3.8) is 0 Å². The van der Waals surface area contributed by atoms with E-state index in [1.54, 1.807) is 0 Å². The number of rotatable bonds is 5. The third kappa shape index (κ3) is 4.80. The molecular formula is C20H25ClFN3O. The Balaban J connectivity index is 0.00000243. The lowest BCUT2D eigenvalue weighted by atomic mass is 10.00. The van der Waals surface area contributed by atoms with E-state index in [1.165, 1.54) is 0 Å². The van der Waals surface area contributed by atoms with E-state index in [4.69, 9.17) is 0 Å². The second-order valence-electron chi connectivity index (χ2n) is 6.82. The zero-order valence-electron chi connectivity index (χ0n) is 15.0. The second-order valence-corrected chi connectivity index (χ2v) is 6.82. The lowest BCUT2D eigenvalue weighted by Gasteiger charge is -2.21. The summed E-state index contributed by atoms with van der Waals surface area (Å²) in [4.78, 5) is 17.1. The summed E-state index contributed by atoms with van der Waals surface area (Å²) in [5.41, 5.74) is 2.88. The number of hydrogen-bond acceptors (Lipinski definition) is 3. The standard InChI is InChI=1S/C20H24FN3O.ClH/c1-13(2)15-8-9-17(22-11-15)19(14-6-4-3-5-7-14)24-20(25)18-10-16(21)12-23-18;/h3-9,11,13,16,18-19,23H,10,12H2,1-2H3,(H,24,25);1H. The summed E-state index contributed by atoms with van der Waals surface area (Å²) < 4.78 is 13.4. The van der Waals surface area contributed by atoms with Crippen LogP contribution in [-0.2, 0) is 4.79 Å². The van der Waals surface area contributed by atoms with Crippen LogP contribution in [-0.4, -0.2) is 29.6 Å². The quantitative estimate of drug-likeness (QED) is 0.838. The molecule has 0 aliphatic carbocycles. The molecule has 26 heavy (non-hydrogen) atoms. The maximum absolute atomic E-state index is 13.4. The highest BCUT2D eigenvalue weighted by Crippen LogP contribution is 2.23. The smallest absolute Gasteiger partial charge is 0.238 e. The number of carbonyl (C=O) groups excluding carboxylic acids is 1. The van der Waals surface area contributed by atoms with E-state index >= 15 is 0 Å². The first-order valence-corrected chi connectivity index (χ1v) is 8.73. The van der Waals surface area contributed by atoms with Gasteiger partial charge in [0, 0.05) is 19.2 Å². The molecule has 1 fully saturated rings. The molecule has 1 aromatic carbocycles. The van der Waals surface area contributed by atoms with Crippen molar-refractivity contribution in [1.29, 1.82) is 0 Å². The van der Waals surface area contributed by atoms with Gasteiger partial charge < -0.3 is 10.6 Å². The molecule has 2 heterocycles. The highest BCUT2D eigenvalue weighted by atomic mass is 35.5. The van der Waals surface area contributed by atoms with Gasteiger partial charge in [0.25, 0.3) is 0 Å². The fraction of sp³-hybridized carbons (Fsp3) is 0.400. The van der Waals surface area contributed by atoms with Gasteiger partial charge in [-0.1, -0.05) is 50.2 Å². The molecule has 1 aliphatic heterocycles. The summed E-state index contributed by atoms with van der Waals surface area (Å²) in [7, 11) is 0. The number of nitrogens with one attached hydrogen (secondary N) is 2. The van der Waals surface area contributed by atoms with E-state index in [0.29, 0.717) is 5.92 Å². The molecular weight excluding hydrogens is 353 g/mol. The fourth-order valence-corrected chi connectivity index (χ4v) is 3.04. The minimum absolute atomic E-state index is 0. The number of aromatic nitrogens is 1. The van der Waals surface area contributed by atoms with Gasteiger partial charge in [-0.05, 0) is 23.1 Å². The van der Waals surface area contributed by atoms with Gasteiger partial charge in [-0.25, -0.2) is 4.39 Å². The molecule has 2 aromatic rings. The first-order chi connectivity index (χ1) is 12.0. The van der Waals surface area contributed by atoms with Crippen LogP contribution in [0.3, 0.4) is 0 Å². The van der Waals surface area contributed by atoms with Crippen LogP contribution in [0.5, 0.6) is 0 Å². The number of carbonyl (C=O) groups is 1. The van der Waals surface area contributed by atoms with Crippen molar-refractivity contribution in [2.75, 3.05) is 6.54 Å². The number of hydrogen-bond donors (Lipinski definition) is 2. The van der Waals surface area contributed by atoms with Crippen LogP contribution in [0, 0.1) is 0 Å². The van der Waals surface area contributed by atoms with Gasteiger partial charge in [0.1, 0.15) is 6.17 Å². The molecule has 0 saturated carbocycles. The molecule has 0 spiro atoms. The zero-order chi connectivity index (χ0) is 17.8. The van der Waals surface area contributed by atoms with Crippen LogP contribution in [0.2, 0.25) is 0 Å². The third-order valence-electron chi connectivity index (χ3n) is 4.58. The molecule has 3 atom stereocenters. The molecule has 0 bridgehead atoms. The van der Waals surface area contributed by atoms with Crippen molar-refractivity contribution in [1.82, 2.24) is 15.6 Å². The van der Waals surface area contributed by atoms with Gasteiger partial charge in [0.15, 0.2) is 0 Å². The average Bonchev–Trinajstić information content (AvgIpc) is 3.07. The van der Waals surface area contributed by atoms with Crippen LogP contribution in [0.25, 0.3) is 0 Å². The Kier molecular flexibility index (Phi) is 7.12. The van der Waals surface area contributed by atoms with Crippen LogP contribution < -0.4 is 10.6 Å². The fourth-order valence-electron chi connectivity index (χ4n) is 3.04. The first-order valence-electron chi connectivity index (χ1n) is 8.73. The number of halogens is 2. The highest BCUT2D eigenvalue weighted by Gasteiger charge is 2.31. The number of nitrogens with zero attached hydrogens (tertiary/aromatic N) is 1. The number of amides is 1. The van der Waals surface area contributed by atoms with Crippen molar-refractivity contribution in [3.8, 4) is 0 Å². The van der Waals surface area contributed by atoms with E-state index in [2.05, 4.69) is 29.5 Å². The average molecular weight is 378 g/mol. The van der Waals surface area contributed by atoms with Gasteiger partial charge in [-0.15, -0.1) is 12.4 Å². The van der Waals surface area contributed by atoms with Gasteiger partial charge in [-0.2, -0.15) is 0 Å². The second kappa shape index (κ2) is 9.10. The molecule has 1 aromatic heterocycles. The van der Waals surface area contributed by atoms with Crippen LogP contribution in [0.15, 0.2) is 48.7 Å². The Morgan fingerprint density at radius 1 is 1.19 bits per heavy atom. The third-order valence-corrected chi connectivity index (χ3v) is 4.58. The maximum Gasteiger partial charge on any atom is 0.238 e. The number of benzene rings is 1. The summed E-state index contributed by atoms with van der Waals surface area (Å²) in [5.74, 6) is 0.208. The van der Waals surface area contributed by atoms with E-state index < -0.39 is 12.2 Å². The predicted octanol–water partition coefficient (Wildman–Crippen LogP) is 3.53. The molecule has 6 heteroatoms. The SMILES string of the molecule is CC(C)c1ccc(C(NC(=O)C2CC(F)CN2)c2ccccc2)nc1.Cl. The van der Waals surface area contributed by atoms with E-state index in [1.807, 2.05) is 48.7 Å². The molecule has 1 saturated heterocycles. The van der Waals surface area contributed by atoms with Crippen molar-refractivity contribution in [2.24, 2.45) is 0 Å². The highest BCUT2D eigenvalue weighted by molar-refractivity contribution is 5.85. The van der Waals surface area contributed by atoms with Crippen LogP contribution in [0.1, 0.15) is 49.0 Å². The largest absolute Gasteiger partial charge is 0.342 e. The van der Waals surface area contributed by atoms with Crippen LogP contribution in [0.4, 0.5) is 4.39 Å². The minimum atomic E-state index is -0.964. The topological polar surface area (TPSA) is 54.0 Å². The Bertz CT molecular complexity index is 709. The summed E-state index contributed by atoms with van der Waals surface area (Å²) in [5, 5.41) is 5.96. The Hall–Kier alpha value is -1.98. The van der Waals surface area contributed by atoms with E-state index in [-0.39, 0.29) is 37.3 Å². The molecule has 140 valence electrons. The van der Waals surface area contributed by atoms with Gasteiger partial charge in [0.2, 0.25) is 5.91 Å². The van der Waals surface area contributed by atoms with Crippen molar-refractivity contribution in [2.45, 2.75) is 44.4 Å². The molecule has 1 amide bonds. The zero-order valence-corrected chi connectivity index (χ0v) is 15.8. The van der Waals surface area contributed by atoms with E-state index in [9.17, 15) is 9.18 Å². The Labute approximate surface area is 160 Å². The molecule has 1 aliphatic rings. The Morgan fingerprint density at radius 2 is 1.92 bits per heavy atom. The first kappa shape index (κ1) is 20.3. The normalized spacial score (nSPS) is 20.5. The maximum atomic E-state index is 13.4. The van der Waals surface area contributed by atoms with Crippen LogP contribution >= 0.6 is 12.4 Å². The summed E-state index contributed by atoms with van der Waals surface area (Å²) in [6.45, 7) is 4.47. The van der Waals surface area contributed by atoms with Crippen molar-refractivity contribution < 1.29 is 9.18 Å². The number of alkyl halides is 1. The minimum Gasteiger partial charge on any atom is -0.342 e. The number of pyridine rings is 1. The van der Waals surface area contributed by atoms with Gasteiger partial charge in [0.05, 0.1) is 17.8 Å². The van der Waals surface area contributed by atoms with Gasteiger partial charge >= 0.3 is 0 Å². The molecule has 4 nitrogen and oxygen atoms in total. The lowest BCUT2D eigenvalue weighted by Crippen LogP contribution is -2.42. The molecule has 2 N–H and O–H groups in total. The van der Waals surface area contributed by atoms with Crippen molar-refractivity contribution in [3.05, 3.63) is 65.5 Å². The predicted molar refractivity (Wildman–Crippen MR) is 103 cm³/mol. The van der Waals surface area contributed by atoms with Crippen molar-refractivity contribution >= 4 is 18.3 Å². The monoisotopic (exact) mass is 377 g/mol. The van der Waals surface area contributed by atoms with E-state index in [0.717, 1.165) is 16.8 Å². The lowest BCUT2D eigenvalue weighted by molar-refractivity contribution is -0.123. The molecule has 3 unspecified atom stereocenters. The molecule has 0 radical (unpaired) electrons.